The van der Waals surface area contributed by atoms with Crippen molar-refractivity contribution in [3.05, 3.63) is 10.6 Å². The summed E-state index contributed by atoms with van der Waals surface area (Å²) in [6.45, 7) is 15.5. The third-order valence-corrected chi connectivity index (χ3v) is 5.16. The van der Waals surface area contributed by atoms with Crippen LogP contribution in [0, 0.1) is 0 Å². The minimum Gasteiger partial charge on any atom is -0.372 e. The fraction of sp³-hybridized carbons (Fsp3) is 0.812. The summed E-state index contributed by atoms with van der Waals surface area (Å²) in [4.78, 5) is 8.75. The maximum absolute atomic E-state index is 5.81. The van der Waals surface area contributed by atoms with Gasteiger partial charge < -0.3 is 15.0 Å². The highest BCUT2D eigenvalue weighted by atomic mass is 32.1. The highest BCUT2D eigenvalue weighted by Crippen LogP contribution is 2.34. The molecule has 0 amide bonds. The minimum atomic E-state index is -0.0811. The van der Waals surface area contributed by atoms with Crippen molar-refractivity contribution < 1.29 is 4.74 Å². The van der Waals surface area contributed by atoms with Crippen molar-refractivity contribution in [3.63, 3.8) is 0 Å². The number of anilines is 1. The molecule has 1 aromatic heterocycles. The molecule has 5 heteroatoms. The van der Waals surface area contributed by atoms with Crippen LogP contribution in [0.25, 0.3) is 0 Å². The molecular formula is C16H29N3OS. The van der Waals surface area contributed by atoms with E-state index in [1.165, 1.54) is 10.6 Å². The lowest BCUT2D eigenvalue weighted by atomic mass is 10.0. The third kappa shape index (κ3) is 4.18. The molecule has 0 aromatic carbocycles. The summed E-state index contributed by atoms with van der Waals surface area (Å²) >= 11 is 1.85. The third-order valence-electron chi connectivity index (χ3n) is 4.03. The van der Waals surface area contributed by atoms with E-state index in [-0.39, 0.29) is 5.60 Å². The molecule has 2 heterocycles. The van der Waals surface area contributed by atoms with Crippen molar-refractivity contribution in [2.24, 2.45) is 0 Å². The van der Waals surface area contributed by atoms with Crippen molar-refractivity contribution >= 4 is 16.5 Å². The van der Waals surface area contributed by atoms with E-state index in [4.69, 9.17) is 9.72 Å². The Bertz CT molecular complexity index is 458. The number of aromatic nitrogens is 1. The summed E-state index contributed by atoms with van der Waals surface area (Å²) in [6.07, 6.45) is 1.14. The Kier molecular flexibility index (Phi) is 5.63. The van der Waals surface area contributed by atoms with Gasteiger partial charge in [-0.1, -0.05) is 20.8 Å². The zero-order valence-corrected chi connectivity index (χ0v) is 14.8. The van der Waals surface area contributed by atoms with Gasteiger partial charge in [0, 0.05) is 24.5 Å². The number of morpholine rings is 1. The summed E-state index contributed by atoms with van der Waals surface area (Å²) < 4.78 is 5.81. The molecule has 1 saturated heterocycles. The monoisotopic (exact) mass is 311 g/mol. The summed E-state index contributed by atoms with van der Waals surface area (Å²) in [5.74, 6) is 0.526. The fourth-order valence-corrected chi connectivity index (χ4v) is 3.78. The molecule has 1 fully saturated rings. The van der Waals surface area contributed by atoms with Gasteiger partial charge in [-0.15, -0.1) is 11.3 Å². The first kappa shape index (κ1) is 16.7. The second-order valence-electron chi connectivity index (χ2n) is 6.42. The minimum absolute atomic E-state index is 0.0811. The molecule has 0 aliphatic carbocycles. The smallest absolute Gasteiger partial charge is 0.186 e. The Morgan fingerprint density at radius 3 is 2.81 bits per heavy atom. The van der Waals surface area contributed by atoms with E-state index >= 15 is 0 Å². The Balaban J connectivity index is 2.21. The van der Waals surface area contributed by atoms with E-state index in [1.54, 1.807) is 0 Å². The molecule has 120 valence electrons. The van der Waals surface area contributed by atoms with Crippen molar-refractivity contribution in [1.82, 2.24) is 10.3 Å². The van der Waals surface area contributed by atoms with Gasteiger partial charge in [-0.25, -0.2) is 4.98 Å². The molecule has 1 unspecified atom stereocenters. The van der Waals surface area contributed by atoms with Crippen molar-refractivity contribution in [3.8, 4) is 0 Å². The van der Waals surface area contributed by atoms with Gasteiger partial charge >= 0.3 is 0 Å². The van der Waals surface area contributed by atoms with Crippen LogP contribution >= 0.6 is 11.3 Å². The summed E-state index contributed by atoms with van der Waals surface area (Å²) in [6, 6.07) is 0. The van der Waals surface area contributed by atoms with E-state index in [1.807, 2.05) is 11.3 Å². The average molecular weight is 311 g/mol. The number of rotatable bonds is 6. The average Bonchev–Trinajstić information content (AvgIpc) is 2.87. The molecule has 1 atom stereocenters. The predicted octanol–water partition coefficient (Wildman–Crippen LogP) is 3.38. The molecule has 0 radical (unpaired) electrons. The molecule has 1 N–H and O–H groups in total. The van der Waals surface area contributed by atoms with Crippen LogP contribution in [0.5, 0.6) is 0 Å². The number of ether oxygens (including phenoxy) is 1. The van der Waals surface area contributed by atoms with Crippen molar-refractivity contribution in [1.29, 1.82) is 0 Å². The van der Waals surface area contributed by atoms with Gasteiger partial charge in [0.25, 0.3) is 0 Å². The Labute approximate surface area is 132 Å². The lowest BCUT2D eigenvalue weighted by Crippen LogP contribution is -2.48. The summed E-state index contributed by atoms with van der Waals surface area (Å²) in [7, 11) is 0. The van der Waals surface area contributed by atoms with E-state index in [0.717, 1.165) is 44.3 Å². The second kappa shape index (κ2) is 7.07. The van der Waals surface area contributed by atoms with Gasteiger partial charge in [0.2, 0.25) is 0 Å². The first-order chi connectivity index (χ1) is 9.96. The zero-order valence-electron chi connectivity index (χ0n) is 14.0. The van der Waals surface area contributed by atoms with Crippen LogP contribution in [-0.2, 0) is 11.3 Å². The first-order valence-electron chi connectivity index (χ1n) is 8.06. The Hall–Kier alpha value is -0.650. The Morgan fingerprint density at radius 1 is 1.43 bits per heavy atom. The summed E-state index contributed by atoms with van der Waals surface area (Å²) in [5.41, 5.74) is 1.20. The van der Waals surface area contributed by atoms with Gasteiger partial charge in [0.05, 0.1) is 17.9 Å². The number of nitrogens with one attached hydrogen (secondary N) is 1. The van der Waals surface area contributed by atoms with E-state index in [2.05, 4.69) is 44.8 Å². The predicted molar refractivity (Wildman–Crippen MR) is 90.4 cm³/mol. The number of thiazole rings is 1. The highest BCUT2D eigenvalue weighted by molar-refractivity contribution is 7.15. The molecule has 1 aliphatic heterocycles. The van der Waals surface area contributed by atoms with Crippen LogP contribution in [0.1, 0.15) is 57.5 Å². The van der Waals surface area contributed by atoms with Gasteiger partial charge in [-0.05, 0) is 32.7 Å². The van der Waals surface area contributed by atoms with E-state index in [9.17, 15) is 0 Å². The maximum atomic E-state index is 5.81. The molecule has 0 spiro atoms. The fourth-order valence-electron chi connectivity index (χ4n) is 2.61. The van der Waals surface area contributed by atoms with Crippen LogP contribution in [0.15, 0.2) is 0 Å². The van der Waals surface area contributed by atoms with Gasteiger partial charge in [0.15, 0.2) is 5.13 Å². The van der Waals surface area contributed by atoms with Crippen LogP contribution in [-0.4, -0.2) is 36.8 Å². The number of hydrogen-bond donors (Lipinski definition) is 1. The molecule has 0 bridgehead atoms. The molecule has 4 nitrogen and oxygen atoms in total. The normalized spacial score (nSPS) is 19.8. The largest absolute Gasteiger partial charge is 0.372 e. The first-order valence-corrected chi connectivity index (χ1v) is 8.87. The standard InChI is InChI=1S/C16H29N3OS/c1-6-12(3)14-13(10-17-7-2)21-15(18-14)19-8-9-20-16(4,5)11-19/h12,17H,6-11H2,1-5H3. The van der Waals surface area contributed by atoms with Gasteiger partial charge in [0.1, 0.15) is 0 Å². The number of hydrogen-bond acceptors (Lipinski definition) is 5. The van der Waals surface area contributed by atoms with Crippen molar-refractivity contribution in [2.45, 2.75) is 59.1 Å². The van der Waals surface area contributed by atoms with Crippen LogP contribution < -0.4 is 10.2 Å². The van der Waals surface area contributed by atoms with Crippen molar-refractivity contribution in [2.75, 3.05) is 31.1 Å². The summed E-state index contributed by atoms with van der Waals surface area (Å²) in [5, 5.41) is 4.61. The molecule has 0 saturated carbocycles. The quantitative estimate of drug-likeness (QED) is 0.874. The van der Waals surface area contributed by atoms with Gasteiger partial charge in [-0.3, -0.25) is 0 Å². The van der Waals surface area contributed by atoms with E-state index < -0.39 is 0 Å². The van der Waals surface area contributed by atoms with E-state index in [0.29, 0.717) is 5.92 Å². The lowest BCUT2D eigenvalue weighted by molar-refractivity contribution is -0.0277. The Morgan fingerprint density at radius 2 is 2.19 bits per heavy atom. The second-order valence-corrected chi connectivity index (χ2v) is 7.49. The van der Waals surface area contributed by atoms with Crippen LogP contribution in [0.2, 0.25) is 0 Å². The van der Waals surface area contributed by atoms with Crippen LogP contribution in [0.4, 0.5) is 5.13 Å². The maximum Gasteiger partial charge on any atom is 0.186 e. The number of nitrogens with zero attached hydrogens (tertiary/aromatic N) is 2. The SMILES string of the molecule is CCNCc1sc(N2CCOC(C)(C)C2)nc1C(C)CC. The van der Waals surface area contributed by atoms with Gasteiger partial charge in [-0.2, -0.15) is 0 Å². The topological polar surface area (TPSA) is 37.4 Å². The molecule has 1 aromatic rings. The zero-order chi connectivity index (χ0) is 15.5. The highest BCUT2D eigenvalue weighted by Gasteiger charge is 2.29. The van der Waals surface area contributed by atoms with Crippen LogP contribution in [0.3, 0.4) is 0 Å². The molecule has 2 rings (SSSR count). The molecule has 21 heavy (non-hydrogen) atoms. The lowest BCUT2D eigenvalue weighted by Gasteiger charge is -2.38. The molecular weight excluding hydrogens is 282 g/mol. The molecule has 1 aliphatic rings.